The van der Waals surface area contributed by atoms with Crippen LogP contribution in [-0.4, -0.2) is 36.3 Å². The van der Waals surface area contributed by atoms with E-state index in [1.807, 2.05) is 18.2 Å². The van der Waals surface area contributed by atoms with E-state index in [0.29, 0.717) is 0 Å². The smallest absolute Gasteiger partial charge is 1.00 e. The van der Waals surface area contributed by atoms with Gasteiger partial charge in [0.1, 0.15) is 0 Å². The summed E-state index contributed by atoms with van der Waals surface area (Å²) in [5, 5.41) is 0.738. The quantitative estimate of drug-likeness (QED) is 0.464. The van der Waals surface area contributed by atoms with Crippen LogP contribution < -0.4 is 17.0 Å². The molecule has 0 atom stereocenters. The summed E-state index contributed by atoms with van der Waals surface area (Å²) in [6.07, 6.45) is 2.56. The van der Waals surface area contributed by atoms with Gasteiger partial charge in [-0.1, -0.05) is 5.02 Å². The van der Waals surface area contributed by atoms with Crippen molar-refractivity contribution < 1.29 is 21.7 Å². The van der Waals surface area contributed by atoms with Crippen molar-refractivity contribution >= 4 is 34.7 Å². The van der Waals surface area contributed by atoms with Crippen molar-refractivity contribution in [3.63, 3.8) is 0 Å². The molecule has 0 spiro atoms. The Morgan fingerprint density at radius 1 is 1.29 bits per heavy atom. The van der Waals surface area contributed by atoms with Crippen LogP contribution in [0.25, 0.3) is 0 Å². The number of rotatable bonds is 0. The maximum atomic E-state index is 5.51. The summed E-state index contributed by atoms with van der Waals surface area (Å²) in [7, 11) is 0. The maximum absolute atomic E-state index is 5.51. The van der Waals surface area contributed by atoms with E-state index in [9.17, 15) is 0 Å². The van der Waals surface area contributed by atoms with Crippen LogP contribution in [0.5, 0.6) is 0 Å². The fraction of sp³-hybridized carbons (Fsp3) is 0.400. The number of hydrogen-bond acceptors (Lipinski definition) is 1. The van der Waals surface area contributed by atoms with Gasteiger partial charge >= 0.3 is 23.1 Å². The molecule has 1 aromatic carbocycles. The van der Waals surface area contributed by atoms with E-state index in [1.54, 1.807) is 6.07 Å². The predicted molar refractivity (Wildman–Crippen MR) is 56.1 cm³/mol. The van der Waals surface area contributed by atoms with Gasteiger partial charge in [0, 0.05) is 13.2 Å². The summed E-state index contributed by atoms with van der Waals surface area (Å²) in [5.41, 5.74) is 0. The molecule has 1 fully saturated rings. The zero-order valence-electron chi connectivity index (χ0n) is 8.01. The average Bonchev–Trinajstić information content (AvgIpc) is 2.62. The summed E-state index contributed by atoms with van der Waals surface area (Å²) in [5.74, 6) is 0. The Hall–Kier alpha value is 0.716. The predicted octanol–water partition coefficient (Wildman–Crippen LogP) is -0.440. The van der Waals surface area contributed by atoms with Crippen molar-refractivity contribution in [2.24, 2.45) is 0 Å². The Labute approximate surface area is 117 Å². The van der Waals surface area contributed by atoms with Crippen molar-refractivity contribution in [1.29, 1.82) is 0 Å². The Morgan fingerprint density at radius 3 is 2.14 bits per heavy atom. The first-order valence-corrected chi connectivity index (χ1v) is 4.47. The minimum Gasteiger partial charge on any atom is -1.00 e. The molecule has 1 aliphatic rings. The minimum absolute atomic E-state index is 0. The van der Waals surface area contributed by atoms with Crippen LogP contribution in [0.1, 0.15) is 12.8 Å². The van der Waals surface area contributed by atoms with Gasteiger partial charge in [0.15, 0.2) is 0 Å². The van der Waals surface area contributed by atoms with Gasteiger partial charge < -0.3 is 21.7 Å². The van der Waals surface area contributed by atoms with E-state index in [4.69, 9.17) is 16.3 Å². The van der Waals surface area contributed by atoms with Crippen molar-refractivity contribution in [1.82, 2.24) is 0 Å². The summed E-state index contributed by atoms with van der Waals surface area (Å²) >= 11 is 5.51. The van der Waals surface area contributed by atoms with Gasteiger partial charge in [-0.25, -0.2) is 0 Å². The Morgan fingerprint density at radius 2 is 1.93 bits per heavy atom. The largest absolute Gasteiger partial charge is 2.00 e. The molecule has 0 radical (unpaired) electrons. The molecular formula is C10H12BrClMgO. The molecule has 1 saturated heterocycles. The summed E-state index contributed by atoms with van der Waals surface area (Å²) in [6, 6.07) is 10.0. The van der Waals surface area contributed by atoms with E-state index in [2.05, 4.69) is 6.07 Å². The normalized spacial score (nSPS) is 12.9. The van der Waals surface area contributed by atoms with Crippen molar-refractivity contribution in [3.8, 4) is 0 Å². The van der Waals surface area contributed by atoms with Crippen molar-refractivity contribution in [2.75, 3.05) is 13.2 Å². The average molecular weight is 288 g/mol. The zero-order valence-corrected chi connectivity index (χ0v) is 11.8. The SMILES string of the molecule is C1CCOC1.Clc1c[c-]ccc1.[Br-].[Mg+2]. The third-order valence-corrected chi connectivity index (χ3v) is 1.73. The second-order valence-electron chi connectivity index (χ2n) is 2.54. The number of halogens is 2. The fourth-order valence-corrected chi connectivity index (χ4v) is 1.02. The number of benzene rings is 1. The second kappa shape index (κ2) is 11.8. The summed E-state index contributed by atoms with van der Waals surface area (Å²) in [6.45, 7) is 2.00. The molecule has 1 aliphatic heterocycles. The Kier molecular flexibility index (Phi) is 14.4. The standard InChI is InChI=1S/C6H4Cl.C4H8O.BrH.Mg/c7-6-4-2-1-3-5-6;1-2-4-5-3-1;;/h1-2,4-5H;1-4H2;1H;/q-1;;;+2/p-1. The van der Waals surface area contributed by atoms with E-state index in [0.717, 1.165) is 18.2 Å². The molecular weight excluding hydrogens is 276 g/mol. The van der Waals surface area contributed by atoms with Crippen molar-refractivity contribution in [3.05, 3.63) is 35.4 Å². The van der Waals surface area contributed by atoms with Crippen LogP contribution in [0.15, 0.2) is 24.3 Å². The molecule has 2 rings (SSSR count). The number of ether oxygens (including phenoxy) is 1. The fourth-order valence-electron chi connectivity index (χ4n) is 0.882. The molecule has 0 saturated carbocycles. The molecule has 74 valence electrons. The molecule has 0 aromatic heterocycles. The molecule has 14 heavy (non-hydrogen) atoms. The molecule has 4 heteroatoms. The van der Waals surface area contributed by atoms with Crippen LogP contribution in [0.4, 0.5) is 0 Å². The van der Waals surface area contributed by atoms with Crippen LogP contribution in [-0.2, 0) is 4.74 Å². The molecule has 0 unspecified atom stereocenters. The van der Waals surface area contributed by atoms with Gasteiger partial charge in [0.2, 0.25) is 0 Å². The summed E-state index contributed by atoms with van der Waals surface area (Å²) < 4.78 is 4.94. The van der Waals surface area contributed by atoms with E-state index >= 15 is 0 Å². The molecule has 1 nitrogen and oxygen atoms in total. The molecule has 1 heterocycles. The third kappa shape index (κ3) is 9.28. The molecule has 0 amide bonds. The van der Waals surface area contributed by atoms with E-state index in [1.165, 1.54) is 12.8 Å². The van der Waals surface area contributed by atoms with Gasteiger partial charge in [-0.15, -0.1) is 0 Å². The molecule has 0 aliphatic carbocycles. The maximum Gasteiger partial charge on any atom is 2.00 e. The monoisotopic (exact) mass is 286 g/mol. The van der Waals surface area contributed by atoms with Gasteiger partial charge in [-0.05, 0) is 12.8 Å². The Balaban J connectivity index is 0. The minimum atomic E-state index is 0. The Bertz CT molecular complexity index is 197. The second-order valence-corrected chi connectivity index (χ2v) is 2.98. The molecule has 0 N–H and O–H groups in total. The number of hydrogen-bond donors (Lipinski definition) is 0. The first-order valence-electron chi connectivity index (χ1n) is 4.09. The first kappa shape index (κ1) is 17.1. The van der Waals surface area contributed by atoms with Gasteiger partial charge in [-0.2, -0.15) is 41.9 Å². The van der Waals surface area contributed by atoms with Crippen LogP contribution in [0.2, 0.25) is 5.02 Å². The third-order valence-electron chi connectivity index (χ3n) is 1.50. The van der Waals surface area contributed by atoms with Crippen molar-refractivity contribution in [2.45, 2.75) is 12.8 Å². The van der Waals surface area contributed by atoms with Gasteiger partial charge in [0.25, 0.3) is 0 Å². The molecule has 0 bridgehead atoms. The molecule has 1 aromatic rings. The first-order chi connectivity index (χ1) is 5.89. The topological polar surface area (TPSA) is 9.23 Å². The van der Waals surface area contributed by atoms with E-state index < -0.39 is 0 Å². The van der Waals surface area contributed by atoms with Crippen LogP contribution >= 0.6 is 11.6 Å². The van der Waals surface area contributed by atoms with Crippen LogP contribution in [0, 0.1) is 6.07 Å². The van der Waals surface area contributed by atoms with E-state index in [-0.39, 0.29) is 40.0 Å². The van der Waals surface area contributed by atoms with Crippen LogP contribution in [0.3, 0.4) is 0 Å². The van der Waals surface area contributed by atoms with Gasteiger partial charge in [-0.3, -0.25) is 0 Å². The summed E-state index contributed by atoms with van der Waals surface area (Å²) in [4.78, 5) is 0. The van der Waals surface area contributed by atoms with Gasteiger partial charge in [0.05, 0.1) is 0 Å². The zero-order chi connectivity index (χ0) is 8.65.